The van der Waals surface area contributed by atoms with Gasteiger partial charge in [-0.3, -0.25) is 0 Å². The smallest absolute Gasteiger partial charge is 0.323 e. The van der Waals surface area contributed by atoms with Gasteiger partial charge in [-0.25, -0.2) is 14.8 Å². The van der Waals surface area contributed by atoms with Gasteiger partial charge in [0.1, 0.15) is 5.75 Å². The maximum atomic E-state index is 11.9. The fourth-order valence-corrected chi connectivity index (χ4v) is 1.62. The summed E-state index contributed by atoms with van der Waals surface area (Å²) >= 11 is 0. The Bertz CT molecular complexity index is 601. The van der Waals surface area contributed by atoms with Crippen molar-refractivity contribution in [2.45, 2.75) is 6.92 Å². The molecule has 0 radical (unpaired) electrons. The summed E-state index contributed by atoms with van der Waals surface area (Å²) < 4.78 is 10.3. The van der Waals surface area contributed by atoms with Gasteiger partial charge in [0.05, 0.1) is 37.5 Å². The first-order chi connectivity index (χ1) is 10.2. The molecule has 1 aromatic carbocycles. The molecule has 0 fully saturated rings. The van der Waals surface area contributed by atoms with E-state index in [1.807, 2.05) is 13.0 Å². The Balaban J connectivity index is 1.98. The molecule has 0 atom stereocenters. The van der Waals surface area contributed by atoms with E-state index in [2.05, 4.69) is 20.6 Å². The second-order valence-corrected chi connectivity index (χ2v) is 3.97. The number of hydrogen-bond donors (Lipinski definition) is 2. The molecular weight excluding hydrogens is 272 g/mol. The number of aromatic nitrogens is 2. The number of urea groups is 1. The molecule has 0 aliphatic rings. The third-order valence-electron chi connectivity index (χ3n) is 2.51. The first kappa shape index (κ1) is 14.6. The fraction of sp³-hybridized carbons (Fsp3) is 0.214. The highest BCUT2D eigenvalue weighted by molar-refractivity contribution is 6.00. The fourth-order valence-electron chi connectivity index (χ4n) is 1.62. The Kier molecular flexibility index (Phi) is 4.92. The van der Waals surface area contributed by atoms with Crippen LogP contribution < -0.4 is 20.1 Å². The van der Waals surface area contributed by atoms with Gasteiger partial charge in [-0.1, -0.05) is 12.1 Å². The second kappa shape index (κ2) is 7.09. The van der Waals surface area contributed by atoms with E-state index in [0.717, 1.165) is 0 Å². The summed E-state index contributed by atoms with van der Waals surface area (Å²) in [7, 11) is 1.54. The molecule has 1 aromatic heterocycles. The lowest BCUT2D eigenvalue weighted by Crippen LogP contribution is -2.20. The van der Waals surface area contributed by atoms with E-state index in [-0.39, 0.29) is 6.01 Å². The molecule has 2 N–H and O–H groups in total. The van der Waals surface area contributed by atoms with Crippen LogP contribution in [0.4, 0.5) is 16.2 Å². The van der Waals surface area contributed by atoms with Crippen LogP contribution in [0, 0.1) is 0 Å². The van der Waals surface area contributed by atoms with Gasteiger partial charge in [-0.2, -0.15) is 0 Å². The molecule has 21 heavy (non-hydrogen) atoms. The van der Waals surface area contributed by atoms with E-state index in [1.165, 1.54) is 12.4 Å². The van der Waals surface area contributed by atoms with Gasteiger partial charge in [0.15, 0.2) is 0 Å². The van der Waals surface area contributed by atoms with Gasteiger partial charge in [-0.05, 0) is 19.1 Å². The Hall–Kier alpha value is -2.83. The molecule has 7 nitrogen and oxygen atoms in total. The first-order valence-electron chi connectivity index (χ1n) is 6.38. The molecule has 0 unspecified atom stereocenters. The van der Waals surface area contributed by atoms with Gasteiger partial charge in [0.2, 0.25) is 0 Å². The van der Waals surface area contributed by atoms with Crippen LogP contribution in [0.1, 0.15) is 6.92 Å². The van der Waals surface area contributed by atoms with Crippen molar-refractivity contribution in [2.24, 2.45) is 0 Å². The van der Waals surface area contributed by atoms with Crippen LogP contribution in [0.25, 0.3) is 0 Å². The Labute approximate surface area is 122 Å². The van der Waals surface area contributed by atoms with Crippen LogP contribution in [0.5, 0.6) is 11.8 Å². The number of amides is 2. The summed E-state index contributed by atoms with van der Waals surface area (Å²) in [6.07, 6.45) is 2.94. The predicted octanol–water partition coefficient (Wildman–Crippen LogP) is 2.53. The quantitative estimate of drug-likeness (QED) is 0.883. The SMILES string of the molecule is CCOc1ncc(NC(=O)Nc2ccccc2OC)cn1. The molecule has 0 aliphatic carbocycles. The Morgan fingerprint density at radius 1 is 1.19 bits per heavy atom. The average Bonchev–Trinajstić information content (AvgIpc) is 2.50. The standard InChI is InChI=1S/C14H16N4O3/c1-3-21-14-15-8-10(9-16-14)17-13(19)18-11-6-4-5-7-12(11)20-2/h4-9H,3H2,1-2H3,(H2,17,18,19). The van der Waals surface area contributed by atoms with Gasteiger partial charge < -0.3 is 20.1 Å². The highest BCUT2D eigenvalue weighted by Gasteiger charge is 2.07. The van der Waals surface area contributed by atoms with Crippen molar-refractivity contribution in [1.29, 1.82) is 0 Å². The van der Waals surface area contributed by atoms with Gasteiger partial charge in [0.25, 0.3) is 0 Å². The van der Waals surface area contributed by atoms with Crippen LogP contribution in [-0.2, 0) is 0 Å². The minimum absolute atomic E-state index is 0.271. The van der Waals surface area contributed by atoms with E-state index in [0.29, 0.717) is 23.7 Å². The van der Waals surface area contributed by atoms with Crippen LogP contribution in [0.15, 0.2) is 36.7 Å². The Morgan fingerprint density at radius 2 is 1.90 bits per heavy atom. The molecule has 2 rings (SSSR count). The molecule has 1 heterocycles. The van der Waals surface area contributed by atoms with Crippen LogP contribution >= 0.6 is 0 Å². The second-order valence-electron chi connectivity index (χ2n) is 3.97. The van der Waals surface area contributed by atoms with E-state index in [4.69, 9.17) is 9.47 Å². The minimum Gasteiger partial charge on any atom is -0.495 e. The van der Waals surface area contributed by atoms with Gasteiger partial charge in [-0.15, -0.1) is 0 Å². The zero-order chi connectivity index (χ0) is 15.1. The average molecular weight is 288 g/mol. The Morgan fingerprint density at radius 3 is 2.57 bits per heavy atom. The van der Waals surface area contributed by atoms with Crippen molar-refractivity contribution in [1.82, 2.24) is 9.97 Å². The zero-order valence-corrected chi connectivity index (χ0v) is 11.8. The third kappa shape index (κ3) is 4.07. The molecule has 2 aromatic rings. The topological polar surface area (TPSA) is 85.4 Å². The van der Waals surface area contributed by atoms with E-state index < -0.39 is 6.03 Å². The molecular formula is C14H16N4O3. The van der Waals surface area contributed by atoms with Crippen molar-refractivity contribution in [2.75, 3.05) is 24.4 Å². The number of para-hydroxylation sites is 2. The normalized spacial score (nSPS) is 9.81. The lowest BCUT2D eigenvalue weighted by atomic mass is 10.3. The molecule has 2 amide bonds. The largest absolute Gasteiger partial charge is 0.495 e. The molecule has 0 aliphatic heterocycles. The molecule has 0 spiro atoms. The first-order valence-corrected chi connectivity index (χ1v) is 6.38. The highest BCUT2D eigenvalue weighted by atomic mass is 16.5. The summed E-state index contributed by atoms with van der Waals surface area (Å²) in [6, 6.07) is 6.99. The van der Waals surface area contributed by atoms with E-state index >= 15 is 0 Å². The number of nitrogens with one attached hydrogen (secondary N) is 2. The summed E-state index contributed by atoms with van der Waals surface area (Å²) in [6.45, 7) is 2.33. The highest BCUT2D eigenvalue weighted by Crippen LogP contribution is 2.23. The minimum atomic E-state index is -0.410. The molecule has 7 heteroatoms. The van der Waals surface area contributed by atoms with Crippen molar-refractivity contribution >= 4 is 17.4 Å². The monoisotopic (exact) mass is 288 g/mol. The zero-order valence-electron chi connectivity index (χ0n) is 11.8. The molecule has 110 valence electrons. The van der Waals surface area contributed by atoms with Gasteiger partial charge >= 0.3 is 12.0 Å². The van der Waals surface area contributed by atoms with Crippen molar-refractivity contribution in [3.8, 4) is 11.8 Å². The summed E-state index contributed by atoms with van der Waals surface area (Å²) in [4.78, 5) is 19.8. The number of carbonyl (C=O) groups is 1. The maximum absolute atomic E-state index is 11.9. The van der Waals surface area contributed by atoms with E-state index in [9.17, 15) is 4.79 Å². The van der Waals surface area contributed by atoms with E-state index in [1.54, 1.807) is 25.3 Å². The molecule has 0 saturated carbocycles. The number of hydrogen-bond acceptors (Lipinski definition) is 5. The van der Waals surface area contributed by atoms with Crippen molar-refractivity contribution in [3.63, 3.8) is 0 Å². The number of benzene rings is 1. The van der Waals surface area contributed by atoms with Gasteiger partial charge in [0, 0.05) is 0 Å². The summed E-state index contributed by atoms with van der Waals surface area (Å²) in [5.74, 6) is 0.579. The summed E-state index contributed by atoms with van der Waals surface area (Å²) in [5.41, 5.74) is 1.04. The van der Waals surface area contributed by atoms with Crippen molar-refractivity contribution < 1.29 is 14.3 Å². The van der Waals surface area contributed by atoms with Crippen LogP contribution in [0.3, 0.4) is 0 Å². The van der Waals surface area contributed by atoms with Crippen molar-refractivity contribution in [3.05, 3.63) is 36.7 Å². The van der Waals surface area contributed by atoms with Crippen LogP contribution in [0.2, 0.25) is 0 Å². The number of methoxy groups -OCH3 is 1. The number of anilines is 2. The maximum Gasteiger partial charge on any atom is 0.323 e. The third-order valence-corrected chi connectivity index (χ3v) is 2.51. The number of rotatable bonds is 5. The lowest BCUT2D eigenvalue weighted by molar-refractivity contribution is 0.262. The number of carbonyl (C=O) groups excluding carboxylic acids is 1. The number of ether oxygens (including phenoxy) is 2. The summed E-state index contributed by atoms with van der Waals surface area (Å²) in [5, 5.41) is 5.31. The number of nitrogens with zero attached hydrogens (tertiary/aromatic N) is 2. The predicted molar refractivity (Wildman–Crippen MR) is 78.8 cm³/mol. The lowest BCUT2D eigenvalue weighted by Gasteiger charge is -2.10. The molecule has 0 saturated heterocycles. The molecule has 0 bridgehead atoms. The van der Waals surface area contributed by atoms with Crippen LogP contribution in [-0.4, -0.2) is 29.7 Å².